The molecule has 0 atom stereocenters. The zero-order chi connectivity index (χ0) is 28.0. The molecule has 0 fully saturated rings. The fraction of sp³-hybridized carbons (Fsp3) is 0. The molecule has 5 heteroatoms. The summed E-state index contributed by atoms with van der Waals surface area (Å²) in [5, 5.41) is 2.70. The number of pyridine rings is 1. The smallest absolute Gasteiger partial charge is 0.156 e. The first-order valence-electron chi connectivity index (χ1n) is 13.8. The molecule has 0 spiro atoms. The van der Waals surface area contributed by atoms with Crippen LogP contribution in [0.25, 0.3) is 72.0 Å². The van der Waals surface area contributed by atoms with E-state index in [1.54, 1.807) is 12.4 Å². The van der Waals surface area contributed by atoms with Crippen molar-refractivity contribution in [2.24, 2.45) is 0 Å². The van der Waals surface area contributed by atoms with Gasteiger partial charge < -0.3 is 4.57 Å². The highest BCUT2D eigenvalue weighted by molar-refractivity contribution is 6.32. The third-order valence-electron chi connectivity index (χ3n) is 7.81. The van der Waals surface area contributed by atoms with Crippen LogP contribution in [0.2, 0.25) is 5.15 Å². The molecule has 0 saturated carbocycles. The average Bonchev–Trinajstić information content (AvgIpc) is 3.39. The summed E-state index contributed by atoms with van der Waals surface area (Å²) in [6.07, 6.45) is 3.57. The van der Waals surface area contributed by atoms with Crippen molar-refractivity contribution in [2.45, 2.75) is 0 Å². The lowest BCUT2D eigenvalue weighted by atomic mass is 10.1. The second-order valence-corrected chi connectivity index (χ2v) is 10.7. The summed E-state index contributed by atoms with van der Waals surface area (Å²) in [5.41, 5.74) is 11.1. The molecule has 3 heterocycles. The van der Waals surface area contributed by atoms with E-state index in [1.807, 2.05) is 30.3 Å². The van der Waals surface area contributed by atoms with Crippen LogP contribution in [-0.2, 0) is 0 Å². The summed E-state index contributed by atoms with van der Waals surface area (Å²) in [6, 6.07) is 44.2. The van der Waals surface area contributed by atoms with Gasteiger partial charge in [-0.3, -0.25) is 4.98 Å². The van der Waals surface area contributed by atoms with Gasteiger partial charge in [0.1, 0.15) is 5.69 Å². The summed E-state index contributed by atoms with van der Waals surface area (Å²) in [4.78, 5) is 13.8. The fourth-order valence-corrected chi connectivity index (χ4v) is 6.01. The van der Waals surface area contributed by atoms with E-state index in [-0.39, 0.29) is 0 Å². The van der Waals surface area contributed by atoms with Gasteiger partial charge >= 0.3 is 0 Å². The van der Waals surface area contributed by atoms with Crippen LogP contribution in [0.15, 0.2) is 140 Å². The number of halogens is 1. The Morgan fingerprint density at radius 2 is 1.14 bits per heavy atom. The SMILES string of the molecule is Clc1nc2cc(-c3ccncc3)ccc2nc1-c1ccc2c(c1)c1ccccc1n2-c1ccc(-c2ccccc2)cc1. The Labute approximate surface area is 247 Å². The molecule has 0 radical (unpaired) electrons. The molecule has 0 aliphatic heterocycles. The van der Waals surface area contributed by atoms with E-state index in [4.69, 9.17) is 21.6 Å². The van der Waals surface area contributed by atoms with Crippen molar-refractivity contribution in [3.63, 3.8) is 0 Å². The Kier molecular flexibility index (Phi) is 5.80. The van der Waals surface area contributed by atoms with Gasteiger partial charge in [0.25, 0.3) is 0 Å². The summed E-state index contributed by atoms with van der Waals surface area (Å²) >= 11 is 6.78. The lowest BCUT2D eigenvalue weighted by Crippen LogP contribution is -1.94. The van der Waals surface area contributed by atoms with Crippen LogP contribution < -0.4 is 0 Å². The molecule has 3 aromatic heterocycles. The van der Waals surface area contributed by atoms with Crippen molar-refractivity contribution in [1.82, 2.24) is 19.5 Å². The molecule has 4 nitrogen and oxygen atoms in total. The van der Waals surface area contributed by atoms with E-state index < -0.39 is 0 Å². The summed E-state index contributed by atoms with van der Waals surface area (Å²) in [5.74, 6) is 0. The van der Waals surface area contributed by atoms with Gasteiger partial charge in [-0.15, -0.1) is 0 Å². The number of rotatable bonds is 4. The number of hydrogen-bond donors (Lipinski definition) is 0. The number of para-hydroxylation sites is 1. The Morgan fingerprint density at radius 3 is 1.98 bits per heavy atom. The van der Waals surface area contributed by atoms with Crippen molar-refractivity contribution < 1.29 is 0 Å². The topological polar surface area (TPSA) is 43.6 Å². The quantitative estimate of drug-likeness (QED) is 0.216. The molecule has 8 aromatic rings. The zero-order valence-electron chi connectivity index (χ0n) is 22.4. The maximum absolute atomic E-state index is 6.78. The predicted octanol–water partition coefficient (Wildman–Crippen LogP) is 9.78. The third kappa shape index (κ3) is 4.12. The standard InChI is InChI=1S/C37H23ClN4/c38-37-36(40-32-16-12-27(23-33(32)41-37)26-18-20-39-21-19-26)28-13-17-35-31(22-28)30-8-4-5-9-34(30)42(35)29-14-10-25(11-15-29)24-6-2-1-3-7-24/h1-23H. The fourth-order valence-electron chi connectivity index (χ4n) is 5.77. The van der Waals surface area contributed by atoms with Gasteiger partial charge in [-0.2, -0.15) is 0 Å². The minimum absolute atomic E-state index is 0.383. The van der Waals surface area contributed by atoms with E-state index in [1.165, 1.54) is 16.5 Å². The van der Waals surface area contributed by atoms with Gasteiger partial charge in [0.15, 0.2) is 5.15 Å². The molecular weight excluding hydrogens is 536 g/mol. The third-order valence-corrected chi connectivity index (χ3v) is 8.08. The van der Waals surface area contributed by atoms with Crippen LogP contribution in [0.5, 0.6) is 0 Å². The van der Waals surface area contributed by atoms with Crippen molar-refractivity contribution >= 4 is 44.4 Å². The number of nitrogens with zero attached hydrogens (tertiary/aromatic N) is 4. The van der Waals surface area contributed by atoms with Crippen LogP contribution in [0.4, 0.5) is 0 Å². The average molecular weight is 559 g/mol. The second kappa shape index (κ2) is 9.95. The molecule has 0 aliphatic rings. The molecule has 0 aliphatic carbocycles. The molecule has 42 heavy (non-hydrogen) atoms. The van der Waals surface area contributed by atoms with E-state index in [2.05, 4.69) is 107 Å². The largest absolute Gasteiger partial charge is 0.309 e. The maximum atomic E-state index is 6.78. The number of benzene rings is 5. The van der Waals surface area contributed by atoms with Crippen molar-refractivity contribution in [1.29, 1.82) is 0 Å². The van der Waals surface area contributed by atoms with Gasteiger partial charge in [0.05, 0.1) is 22.1 Å². The Balaban J connectivity index is 1.24. The molecule has 0 unspecified atom stereocenters. The highest BCUT2D eigenvalue weighted by Crippen LogP contribution is 2.37. The lowest BCUT2D eigenvalue weighted by Gasteiger charge is -2.10. The summed E-state index contributed by atoms with van der Waals surface area (Å²) in [6.45, 7) is 0. The first-order valence-corrected chi connectivity index (χ1v) is 14.2. The number of aromatic nitrogens is 4. The molecule has 8 rings (SSSR count). The van der Waals surface area contributed by atoms with Crippen LogP contribution in [0.1, 0.15) is 0 Å². The van der Waals surface area contributed by atoms with E-state index in [0.717, 1.165) is 49.8 Å². The van der Waals surface area contributed by atoms with Gasteiger partial charge in [-0.25, -0.2) is 9.97 Å². The Hall–Kier alpha value is -5.32. The highest BCUT2D eigenvalue weighted by Gasteiger charge is 2.16. The molecule has 0 amide bonds. The van der Waals surface area contributed by atoms with Gasteiger partial charge in [-0.1, -0.05) is 84.4 Å². The van der Waals surface area contributed by atoms with E-state index >= 15 is 0 Å². The monoisotopic (exact) mass is 558 g/mol. The highest BCUT2D eigenvalue weighted by atomic mass is 35.5. The van der Waals surface area contributed by atoms with Gasteiger partial charge in [0.2, 0.25) is 0 Å². The van der Waals surface area contributed by atoms with Crippen LogP contribution in [-0.4, -0.2) is 19.5 Å². The first-order chi connectivity index (χ1) is 20.7. The van der Waals surface area contributed by atoms with Gasteiger partial charge in [-0.05, 0) is 76.9 Å². The maximum Gasteiger partial charge on any atom is 0.156 e. The Bertz CT molecular complexity index is 2240. The molecule has 198 valence electrons. The van der Waals surface area contributed by atoms with Crippen molar-refractivity contribution in [2.75, 3.05) is 0 Å². The first kappa shape index (κ1) is 24.5. The van der Waals surface area contributed by atoms with Gasteiger partial charge in [0, 0.05) is 34.4 Å². The van der Waals surface area contributed by atoms with Crippen LogP contribution in [0.3, 0.4) is 0 Å². The molecular formula is C37H23ClN4. The Morgan fingerprint density at radius 1 is 0.476 bits per heavy atom. The minimum atomic E-state index is 0.383. The lowest BCUT2D eigenvalue weighted by molar-refractivity contribution is 1.18. The predicted molar refractivity (Wildman–Crippen MR) is 173 cm³/mol. The normalized spacial score (nSPS) is 11.5. The van der Waals surface area contributed by atoms with Crippen LogP contribution in [0, 0.1) is 0 Å². The van der Waals surface area contributed by atoms with Crippen LogP contribution >= 0.6 is 11.6 Å². The van der Waals surface area contributed by atoms with Crippen molar-refractivity contribution in [3.05, 3.63) is 145 Å². The van der Waals surface area contributed by atoms with Crippen molar-refractivity contribution in [3.8, 4) is 39.2 Å². The zero-order valence-corrected chi connectivity index (χ0v) is 23.2. The van der Waals surface area contributed by atoms with E-state index in [0.29, 0.717) is 10.8 Å². The molecule has 5 aromatic carbocycles. The molecule has 0 bridgehead atoms. The van der Waals surface area contributed by atoms with E-state index in [9.17, 15) is 0 Å². The minimum Gasteiger partial charge on any atom is -0.309 e. The summed E-state index contributed by atoms with van der Waals surface area (Å²) < 4.78 is 2.32. The summed E-state index contributed by atoms with van der Waals surface area (Å²) in [7, 11) is 0. The number of hydrogen-bond acceptors (Lipinski definition) is 3. The number of fused-ring (bicyclic) bond motifs is 4. The molecule has 0 N–H and O–H groups in total. The second-order valence-electron chi connectivity index (χ2n) is 10.3. The molecule has 0 saturated heterocycles.